The molecule has 0 bridgehead atoms. The maximum atomic E-state index is 12.7. The molecule has 0 saturated heterocycles. The fraction of sp³-hybridized carbons (Fsp3) is 0.348. The molecule has 1 aliphatic rings. The van der Waals surface area contributed by atoms with Gasteiger partial charge in [0, 0.05) is 18.4 Å². The Hall–Kier alpha value is -3.56. The third-order valence-corrected chi connectivity index (χ3v) is 5.50. The molecule has 2 aromatic carbocycles. The van der Waals surface area contributed by atoms with Crippen molar-refractivity contribution in [2.45, 2.75) is 31.5 Å². The Balaban J connectivity index is 1.48. The van der Waals surface area contributed by atoms with E-state index in [0.717, 1.165) is 22.3 Å². The summed E-state index contributed by atoms with van der Waals surface area (Å²) in [6, 6.07) is 12.7. The normalized spacial score (nSPS) is 14.5. The molecule has 1 aliphatic carbocycles. The number of carbonyl (C=O) groups excluding carboxylic acids is 2. The highest BCUT2D eigenvalue weighted by Crippen LogP contribution is 2.44. The van der Waals surface area contributed by atoms with Crippen LogP contribution in [0.1, 0.15) is 30.4 Å². The van der Waals surface area contributed by atoms with Gasteiger partial charge in [-0.15, -0.1) is 0 Å². The zero-order valence-electron chi connectivity index (χ0n) is 17.7. The van der Waals surface area contributed by atoms with Crippen LogP contribution in [0, 0.1) is 5.92 Å². The topological polar surface area (TPSA) is 105 Å². The number of amides is 2. The van der Waals surface area contributed by atoms with Crippen molar-refractivity contribution >= 4 is 18.0 Å². The van der Waals surface area contributed by atoms with Crippen LogP contribution in [-0.4, -0.2) is 48.4 Å². The Morgan fingerprint density at radius 3 is 2.09 bits per heavy atom. The highest BCUT2D eigenvalue weighted by Gasteiger charge is 2.46. The van der Waals surface area contributed by atoms with E-state index >= 15 is 0 Å². The van der Waals surface area contributed by atoms with E-state index in [9.17, 15) is 27.6 Å². The van der Waals surface area contributed by atoms with Crippen LogP contribution < -0.4 is 10.6 Å². The van der Waals surface area contributed by atoms with Gasteiger partial charge in [0.25, 0.3) is 0 Å². The van der Waals surface area contributed by atoms with Crippen LogP contribution in [0.4, 0.5) is 18.0 Å². The smallest absolute Gasteiger partial charge is 0.419 e. The van der Waals surface area contributed by atoms with Gasteiger partial charge < -0.3 is 20.5 Å². The second-order valence-corrected chi connectivity index (χ2v) is 7.76. The molecular weight excluding hydrogens is 441 g/mol. The number of rotatable bonds is 8. The second-order valence-electron chi connectivity index (χ2n) is 7.76. The van der Waals surface area contributed by atoms with Gasteiger partial charge in [0.15, 0.2) is 0 Å². The highest BCUT2D eigenvalue weighted by atomic mass is 19.4. The van der Waals surface area contributed by atoms with E-state index in [-0.39, 0.29) is 25.5 Å². The summed E-state index contributed by atoms with van der Waals surface area (Å²) in [6.07, 6.45) is -5.83. The van der Waals surface area contributed by atoms with E-state index in [1.807, 2.05) is 48.5 Å². The number of nitrogens with one attached hydrogen (secondary N) is 2. The average molecular weight is 464 g/mol. The number of halogens is 3. The lowest BCUT2D eigenvalue weighted by atomic mass is 9.98. The summed E-state index contributed by atoms with van der Waals surface area (Å²) in [5.41, 5.74) is 4.27. The number of ether oxygens (including phenoxy) is 1. The van der Waals surface area contributed by atoms with Crippen LogP contribution >= 0.6 is 0 Å². The molecule has 2 atom stereocenters. The minimum atomic E-state index is -5.11. The lowest BCUT2D eigenvalue weighted by molar-refractivity contribution is -0.182. The predicted octanol–water partition coefficient (Wildman–Crippen LogP) is 3.68. The van der Waals surface area contributed by atoms with Gasteiger partial charge >= 0.3 is 18.2 Å². The first-order chi connectivity index (χ1) is 15.6. The number of carbonyl (C=O) groups is 3. The van der Waals surface area contributed by atoms with Crippen LogP contribution in [0.2, 0.25) is 0 Å². The summed E-state index contributed by atoms with van der Waals surface area (Å²) >= 11 is 0. The number of alkyl carbamates (subject to hydrolysis) is 1. The van der Waals surface area contributed by atoms with E-state index in [1.54, 1.807) is 0 Å². The molecule has 0 heterocycles. The third-order valence-electron chi connectivity index (χ3n) is 5.50. The Bertz CT molecular complexity index is 995. The van der Waals surface area contributed by atoms with E-state index in [4.69, 9.17) is 9.84 Å². The molecule has 2 unspecified atom stereocenters. The monoisotopic (exact) mass is 464 g/mol. The van der Waals surface area contributed by atoms with E-state index in [1.165, 1.54) is 12.2 Å². The largest absolute Gasteiger partial charge is 0.479 e. The van der Waals surface area contributed by atoms with Crippen LogP contribution in [0.3, 0.4) is 0 Å². The SMILES string of the molecule is CC(CCNC(=O)OCC1c2ccccc2-c2ccccc21)C(=O)NC(C(=O)O)C(F)(F)F. The first-order valence-corrected chi connectivity index (χ1v) is 10.3. The zero-order chi connectivity index (χ0) is 24.2. The van der Waals surface area contributed by atoms with Gasteiger partial charge in [-0.2, -0.15) is 13.2 Å². The molecule has 2 amide bonds. The van der Waals surface area contributed by atoms with Crippen LogP contribution in [0.5, 0.6) is 0 Å². The Kier molecular flexibility index (Phi) is 7.25. The Morgan fingerprint density at radius 2 is 1.58 bits per heavy atom. The van der Waals surface area contributed by atoms with E-state index < -0.39 is 36.1 Å². The fourth-order valence-corrected chi connectivity index (χ4v) is 3.74. The van der Waals surface area contributed by atoms with E-state index in [0.29, 0.717) is 0 Å². The minimum absolute atomic E-state index is 0.000223. The second kappa shape index (κ2) is 9.93. The van der Waals surface area contributed by atoms with Gasteiger partial charge in [0.2, 0.25) is 11.9 Å². The lowest BCUT2D eigenvalue weighted by Gasteiger charge is -2.20. The molecule has 3 N–H and O–H groups in total. The first kappa shape index (κ1) is 24.1. The molecule has 7 nitrogen and oxygen atoms in total. The fourth-order valence-electron chi connectivity index (χ4n) is 3.74. The summed E-state index contributed by atoms with van der Waals surface area (Å²) in [5.74, 6) is -4.35. The van der Waals surface area contributed by atoms with Crippen molar-refractivity contribution in [3.63, 3.8) is 0 Å². The molecular formula is C23H23F3N2O5. The van der Waals surface area contributed by atoms with Gasteiger partial charge in [-0.1, -0.05) is 55.5 Å². The lowest BCUT2D eigenvalue weighted by Crippen LogP contribution is -2.52. The average Bonchev–Trinajstić information content (AvgIpc) is 3.08. The predicted molar refractivity (Wildman–Crippen MR) is 112 cm³/mol. The van der Waals surface area contributed by atoms with Gasteiger partial charge in [0.05, 0.1) is 0 Å². The van der Waals surface area contributed by atoms with Crippen molar-refractivity contribution in [2.75, 3.05) is 13.2 Å². The van der Waals surface area contributed by atoms with Gasteiger partial charge in [-0.25, -0.2) is 9.59 Å². The van der Waals surface area contributed by atoms with Crippen LogP contribution in [-0.2, 0) is 14.3 Å². The molecule has 0 fully saturated rings. The molecule has 0 saturated carbocycles. The molecule has 176 valence electrons. The summed E-state index contributed by atoms with van der Waals surface area (Å²) in [4.78, 5) is 34.7. The van der Waals surface area contributed by atoms with Gasteiger partial charge in [-0.05, 0) is 28.7 Å². The number of carboxylic acid groups (broad SMARTS) is 1. The summed E-state index contributed by atoms with van der Waals surface area (Å²) in [5, 5.41) is 12.6. The number of carboxylic acids is 1. The van der Waals surface area contributed by atoms with Crippen molar-refractivity contribution < 1.29 is 37.4 Å². The maximum absolute atomic E-state index is 12.7. The quantitative estimate of drug-likeness (QED) is 0.553. The number of benzene rings is 2. The summed E-state index contributed by atoms with van der Waals surface area (Å²) in [6.45, 7) is 1.40. The standard InChI is InChI=1S/C23H23F3N2O5/c1-13(20(29)28-19(21(30)31)23(24,25)26)10-11-27-22(32)33-12-18-16-8-4-2-6-14(16)15-7-3-5-9-17(15)18/h2-9,13,18-19H,10-12H2,1H3,(H,27,32)(H,28,29)(H,30,31). The molecule has 3 rings (SSSR count). The van der Waals surface area contributed by atoms with Crippen molar-refractivity contribution in [1.29, 1.82) is 0 Å². The molecule has 0 radical (unpaired) electrons. The number of hydrogen-bond acceptors (Lipinski definition) is 4. The molecule has 2 aromatic rings. The van der Waals surface area contributed by atoms with Crippen LogP contribution in [0.25, 0.3) is 11.1 Å². The minimum Gasteiger partial charge on any atom is -0.479 e. The van der Waals surface area contributed by atoms with Crippen molar-refractivity contribution in [3.05, 3.63) is 59.7 Å². The first-order valence-electron chi connectivity index (χ1n) is 10.3. The highest BCUT2D eigenvalue weighted by molar-refractivity contribution is 5.85. The number of alkyl halides is 3. The maximum Gasteiger partial charge on any atom is 0.419 e. The zero-order valence-corrected chi connectivity index (χ0v) is 17.7. The summed E-state index contributed by atoms with van der Waals surface area (Å²) in [7, 11) is 0. The Morgan fingerprint density at radius 1 is 1.03 bits per heavy atom. The number of aliphatic carboxylic acids is 1. The number of fused-ring (bicyclic) bond motifs is 3. The summed E-state index contributed by atoms with van der Waals surface area (Å²) < 4.78 is 43.4. The molecule has 0 spiro atoms. The van der Waals surface area contributed by atoms with Crippen LogP contribution in [0.15, 0.2) is 48.5 Å². The van der Waals surface area contributed by atoms with Crippen molar-refractivity contribution in [1.82, 2.24) is 10.6 Å². The molecule has 0 aliphatic heterocycles. The number of hydrogen-bond donors (Lipinski definition) is 3. The third kappa shape index (κ3) is 5.63. The Labute approximate surface area is 187 Å². The molecule has 33 heavy (non-hydrogen) atoms. The van der Waals surface area contributed by atoms with Gasteiger partial charge in [-0.3, -0.25) is 4.79 Å². The van der Waals surface area contributed by atoms with E-state index in [2.05, 4.69) is 5.32 Å². The molecule has 0 aromatic heterocycles. The van der Waals surface area contributed by atoms with Crippen molar-refractivity contribution in [3.8, 4) is 11.1 Å². The van der Waals surface area contributed by atoms with Crippen molar-refractivity contribution in [2.24, 2.45) is 5.92 Å². The van der Waals surface area contributed by atoms with Gasteiger partial charge in [0.1, 0.15) is 6.61 Å². The molecule has 10 heteroatoms.